The van der Waals surface area contributed by atoms with Gasteiger partial charge in [0.05, 0.1) is 30.5 Å². The van der Waals surface area contributed by atoms with Crippen LogP contribution in [0.25, 0.3) is 5.65 Å². The number of alkyl halides is 3. The molecule has 11 nitrogen and oxygen atoms in total. The first kappa shape index (κ1) is 32.4. The summed E-state index contributed by atoms with van der Waals surface area (Å²) in [6.45, 7) is 7.61. The molecule has 0 aliphatic carbocycles. The number of carbonyl (C=O) groups excluding carboxylic acids is 1. The number of hydrogen-bond donors (Lipinski definition) is 1. The minimum Gasteiger partial charge on any atom is -0.475 e. The van der Waals surface area contributed by atoms with Crippen molar-refractivity contribution < 1.29 is 27.4 Å². The number of likely N-dealkylation sites (N-methyl/N-ethyl adjacent to an activating group) is 1. The second-order valence-electron chi connectivity index (χ2n) is 11.5. The first-order valence-corrected chi connectivity index (χ1v) is 15.4. The molecule has 1 N–H and O–H groups in total. The third kappa shape index (κ3) is 8.44. The molecular formula is C33H35F3N8O3. The summed E-state index contributed by atoms with van der Waals surface area (Å²) < 4.78 is 54.9. The van der Waals surface area contributed by atoms with Gasteiger partial charge in [0.15, 0.2) is 5.65 Å². The third-order valence-electron chi connectivity index (χ3n) is 8.10. The molecule has 6 rings (SSSR count). The SMILES string of the molecule is CN1CCN(Cc2ccc(NC(=O)c3cncc(C#Cc4cnc5ccc(OCCN6CCOCC6)nn45)c3)cc2C(F)(F)F)CC1. The lowest BCUT2D eigenvalue weighted by molar-refractivity contribution is -0.138. The maximum Gasteiger partial charge on any atom is 0.416 e. The van der Waals surface area contributed by atoms with E-state index in [9.17, 15) is 18.0 Å². The lowest BCUT2D eigenvalue weighted by Gasteiger charge is -2.33. The van der Waals surface area contributed by atoms with E-state index < -0.39 is 17.6 Å². The number of piperazine rings is 1. The highest BCUT2D eigenvalue weighted by molar-refractivity contribution is 6.04. The Bertz CT molecular complexity index is 1770. The Morgan fingerprint density at radius 1 is 0.979 bits per heavy atom. The van der Waals surface area contributed by atoms with Gasteiger partial charge in [0.25, 0.3) is 5.91 Å². The molecule has 1 amide bonds. The topological polar surface area (TPSA) is 100 Å². The Balaban J connectivity index is 1.12. The number of amides is 1. The molecule has 47 heavy (non-hydrogen) atoms. The number of nitrogens with zero attached hydrogens (tertiary/aromatic N) is 7. The van der Waals surface area contributed by atoms with Crippen molar-refractivity contribution in [1.82, 2.24) is 34.3 Å². The average molecular weight is 649 g/mol. The van der Waals surface area contributed by atoms with Gasteiger partial charge in [0.1, 0.15) is 12.3 Å². The van der Waals surface area contributed by atoms with E-state index in [0.29, 0.717) is 42.5 Å². The molecule has 0 radical (unpaired) electrons. The first-order valence-electron chi connectivity index (χ1n) is 15.4. The largest absolute Gasteiger partial charge is 0.475 e. The second kappa shape index (κ2) is 14.5. The highest BCUT2D eigenvalue weighted by Gasteiger charge is 2.34. The van der Waals surface area contributed by atoms with Crippen LogP contribution in [0.3, 0.4) is 0 Å². The summed E-state index contributed by atoms with van der Waals surface area (Å²) in [5, 5.41) is 7.09. The van der Waals surface area contributed by atoms with Gasteiger partial charge in [-0.1, -0.05) is 12.0 Å². The number of halogens is 3. The van der Waals surface area contributed by atoms with E-state index in [1.165, 1.54) is 30.6 Å². The number of benzene rings is 1. The molecule has 14 heteroatoms. The van der Waals surface area contributed by atoms with E-state index in [0.717, 1.165) is 52.0 Å². The number of ether oxygens (including phenoxy) is 2. The van der Waals surface area contributed by atoms with Crippen LogP contribution in [-0.4, -0.2) is 113 Å². The summed E-state index contributed by atoms with van der Waals surface area (Å²) in [5.74, 6) is 5.82. The predicted octanol–water partition coefficient (Wildman–Crippen LogP) is 3.25. The summed E-state index contributed by atoms with van der Waals surface area (Å²) in [6, 6.07) is 8.98. The number of rotatable bonds is 8. The van der Waals surface area contributed by atoms with Gasteiger partial charge >= 0.3 is 6.18 Å². The molecule has 0 atom stereocenters. The lowest BCUT2D eigenvalue weighted by Crippen LogP contribution is -2.44. The van der Waals surface area contributed by atoms with Crippen molar-refractivity contribution in [2.45, 2.75) is 12.7 Å². The fourth-order valence-corrected chi connectivity index (χ4v) is 5.40. The van der Waals surface area contributed by atoms with E-state index in [-0.39, 0.29) is 23.4 Å². The van der Waals surface area contributed by atoms with Crippen molar-refractivity contribution >= 4 is 17.2 Å². The molecule has 1 aromatic carbocycles. The molecule has 4 aromatic rings. The molecule has 2 aliphatic rings. The molecule has 3 aromatic heterocycles. The third-order valence-corrected chi connectivity index (χ3v) is 8.10. The van der Waals surface area contributed by atoms with Gasteiger partial charge < -0.3 is 19.7 Å². The van der Waals surface area contributed by atoms with E-state index in [1.54, 1.807) is 22.8 Å². The standard InChI is InChI=1S/C33H35F3N8O3/c1-41-8-10-43(11-9-41)23-25-3-4-27(19-29(25)33(34,35)36)39-32(45)26-18-24(20-37-21-26)2-5-28-22-38-30-6-7-31(40-44(28)30)47-17-14-42-12-15-46-16-13-42/h3-4,6-7,18-22H,8-17,23H2,1H3,(H,39,45). The lowest BCUT2D eigenvalue weighted by atomic mass is 10.0. The minimum atomic E-state index is -4.57. The van der Waals surface area contributed by atoms with Crippen molar-refractivity contribution in [1.29, 1.82) is 0 Å². The van der Waals surface area contributed by atoms with Gasteiger partial charge in [-0.3, -0.25) is 19.6 Å². The van der Waals surface area contributed by atoms with Crippen LogP contribution in [0.15, 0.2) is 55.0 Å². The van der Waals surface area contributed by atoms with Gasteiger partial charge in [-0.15, -0.1) is 5.10 Å². The molecular weight excluding hydrogens is 613 g/mol. The highest BCUT2D eigenvalue weighted by atomic mass is 19.4. The molecule has 0 bridgehead atoms. The number of imidazole rings is 1. The average Bonchev–Trinajstić information content (AvgIpc) is 3.48. The van der Waals surface area contributed by atoms with Crippen LogP contribution in [-0.2, 0) is 17.5 Å². The zero-order chi connectivity index (χ0) is 32.8. The highest BCUT2D eigenvalue weighted by Crippen LogP contribution is 2.34. The van der Waals surface area contributed by atoms with Crippen LogP contribution in [0.2, 0.25) is 0 Å². The Hall–Kier alpha value is -4.55. The molecule has 246 valence electrons. The number of carbonyl (C=O) groups is 1. The minimum absolute atomic E-state index is 0.0423. The number of aromatic nitrogens is 4. The van der Waals surface area contributed by atoms with Gasteiger partial charge in [-0.2, -0.15) is 13.2 Å². The fourth-order valence-electron chi connectivity index (χ4n) is 5.40. The smallest absolute Gasteiger partial charge is 0.416 e. The molecule has 0 spiro atoms. The van der Waals surface area contributed by atoms with Crippen molar-refractivity contribution in [3.05, 3.63) is 82.9 Å². The predicted molar refractivity (Wildman–Crippen MR) is 168 cm³/mol. The van der Waals surface area contributed by atoms with Crippen molar-refractivity contribution in [2.75, 3.05) is 78.0 Å². The maximum atomic E-state index is 14.0. The van der Waals surface area contributed by atoms with Crippen LogP contribution in [0.1, 0.15) is 32.7 Å². The monoisotopic (exact) mass is 648 g/mol. The second-order valence-corrected chi connectivity index (χ2v) is 11.5. The number of pyridine rings is 1. The summed E-state index contributed by atoms with van der Waals surface area (Å²) >= 11 is 0. The Morgan fingerprint density at radius 2 is 1.79 bits per heavy atom. The van der Waals surface area contributed by atoms with Gasteiger partial charge in [0.2, 0.25) is 5.88 Å². The Kier molecular flexibility index (Phi) is 9.98. The normalized spacial score (nSPS) is 16.5. The van der Waals surface area contributed by atoms with Crippen LogP contribution >= 0.6 is 0 Å². The number of nitrogens with one attached hydrogen (secondary N) is 1. The number of hydrogen-bond acceptors (Lipinski definition) is 9. The van der Waals surface area contributed by atoms with Crippen LogP contribution in [0, 0.1) is 11.8 Å². The van der Waals surface area contributed by atoms with E-state index in [4.69, 9.17) is 9.47 Å². The number of anilines is 1. The van der Waals surface area contributed by atoms with Gasteiger partial charge in [0, 0.05) is 82.1 Å². The fraction of sp³-hybridized carbons (Fsp3) is 0.394. The molecule has 5 heterocycles. The molecule has 0 saturated carbocycles. The molecule has 2 fully saturated rings. The Labute approximate surface area is 270 Å². The molecule has 0 unspecified atom stereocenters. The van der Waals surface area contributed by atoms with Gasteiger partial charge in [-0.25, -0.2) is 9.50 Å². The summed E-state index contributed by atoms with van der Waals surface area (Å²) in [5.41, 5.74) is 1.13. The molecule has 2 saturated heterocycles. The maximum absolute atomic E-state index is 14.0. The first-order chi connectivity index (χ1) is 22.7. The number of fused-ring (bicyclic) bond motifs is 1. The Morgan fingerprint density at radius 3 is 2.57 bits per heavy atom. The summed E-state index contributed by atoms with van der Waals surface area (Å²) in [7, 11) is 1.99. The van der Waals surface area contributed by atoms with E-state index >= 15 is 0 Å². The van der Waals surface area contributed by atoms with E-state index in [2.05, 4.69) is 42.0 Å². The zero-order valence-corrected chi connectivity index (χ0v) is 26.0. The quantitative estimate of drug-likeness (QED) is 0.289. The molecule has 2 aliphatic heterocycles. The van der Waals surface area contributed by atoms with Gasteiger partial charge in [-0.05, 0) is 42.8 Å². The van der Waals surface area contributed by atoms with Crippen molar-refractivity contribution in [2.24, 2.45) is 0 Å². The van der Waals surface area contributed by atoms with Crippen LogP contribution in [0.5, 0.6) is 5.88 Å². The summed E-state index contributed by atoms with van der Waals surface area (Å²) in [4.78, 5) is 27.9. The zero-order valence-electron chi connectivity index (χ0n) is 26.0. The van der Waals surface area contributed by atoms with Crippen LogP contribution < -0.4 is 10.1 Å². The summed E-state index contributed by atoms with van der Waals surface area (Å²) in [6.07, 6.45) is -0.149. The van der Waals surface area contributed by atoms with Crippen molar-refractivity contribution in [3.63, 3.8) is 0 Å². The number of morpholine rings is 1. The van der Waals surface area contributed by atoms with E-state index in [1.807, 2.05) is 11.9 Å². The van der Waals surface area contributed by atoms with Crippen molar-refractivity contribution in [3.8, 4) is 17.7 Å². The van der Waals surface area contributed by atoms with Crippen LogP contribution in [0.4, 0.5) is 18.9 Å².